The molecule has 2 N–H and O–H groups in total. The fourth-order valence-corrected chi connectivity index (χ4v) is 4.52. The Morgan fingerprint density at radius 2 is 1.54 bits per heavy atom. The largest absolute Gasteiger partial charge is 0.497 e. The van der Waals surface area contributed by atoms with Gasteiger partial charge in [-0.3, -0.25) is 9.59 Å². The van der Waals surface area contributed by atoms with Gasteiger partial charge >= 0.3 is 6.09 Å². The third kappa shape index (κ3) is 8.39. The lowest BCUT2D eigenvalue weighted by molar-refractivity contribution is -0.147. The molecule has 2 unspecified atom stereocenters. The molecule has 0 saturated carbocycles. The smallest absolute Gasteiger partial charge is 0.408 e. The quantitative estimate of drug-likeness (QED) is 0.319. The Hall–Kier alpha value is -3.20. The summed E-state index contributed by atoms with van der Waals surface area (Å²) < 4.78 is 10.6. The fourth-order valence-electron chi connectivity index (χ4n) is 4.27. The Morgan fingerprint density at radius 3 is 2.00 bits per heavy atom. The maximum atomic E-state index is 14.3. The van der Waals surface area contributed by atoms with Gasteiger partial charge in [0.2, 0.25) is 5.91 Å². The van der Waals surface area contributed by atoms with Crippen LogP contribution < -0.4 is 15.4 Å². The van der Waals surface area contributed by atoms with Crippen molar-refractivity contribution < 1.29 is 23.9 Å². The second kappa shape index (κ2) is 13.2. The van der Waals surface area contributed by atoms with E-state index in [1.165, 1.54) is 0 Å². The molecule has 2 aromatic rings. The minimum absolute atomic E-state index is 0.0218. The van der Waals surface area contributed by atoms with E-state index in [9.17, 15) is 14.4 Å². The van der Waals surface area contributed by atoms with Gasteiger partial charge in [0.1, 0.15) is 23.4 Å². The summed E-state index contributed by atoms with van der Waals surface area (Å²) in [5.74, 6) is -0.121. The molecule has 0 heterocycles. The lowest BCUT2D eigenvalue weighted by Crippen LogP contribution is -2.59. The van der Waals surface area contributed by atoms with E-state index in [0.717, 1.165) is 16.7 Å². The van der Waals surface area contributed by atoms with E-state index >= 15 is 0 Å². The highest BCUT2D eigenvalue weighted by Gasteiger charge is 2.43. The molecule has 3 amide bonds. The molecule has 0 saturated heterocycles. The number of ether oxygens (including phenoxy) is 2. The van der Waals surface area contributed by atoms with Crippen LogP contribution in [0.25, 0.3) is 0 Å². The van der Waals surface area contributed by atoms with Crippen molar-refractivity contribution in [3.63, 3.8) is 0 Å². The second-order valence-electron chi connectivity index (χ2n) is 11.2. The molecule has 39 heavy (non-hydrogen) atoms. The average Bonchev–Trinajstić information content (AvgIpc) is 2.85. The highest BCUT2D eigenvalue weighted by molar-refractivity contribution is 7.80. The van der Waals surface area contributed by atoms with Gasteiger partial charge in [0.25, 0.3) is 5.91 Å². The zero-order chi connectivity index (χ0) is 29.5. The van der Waals surface area contributed by atoms with Crippen molar-refractivity contribution in [2.75, 3.05) is 18.2 Å². The van der Waals surface area contributed by atoms with Crippen molar-refractivity contribution in [2.24, 2.45) is 0 Å². The number of hydrogen-bond acceptors (Lipinski definition) is 6. The van der Waals surface area contributed by atoms with Crippen LogP contribution in [0.2, 0.25) is 0 Å². The van der Waals surface area contributed by atoms with Crippen LogP contribution in [0.1, 0.15) is 70.7 Å². The van der Waals surface area contributed by atoms with Gasteiger partial charge in [-0.15, -0.1) is 0 Å². The van der Waals surface area contributed by atoms with Crippen LogP contribution >= 0.6 is 12.6 Å². The molecule has 0 spiro atoms. The molecule has 8 nitrogen and oxygen atoms in total. The van der Waals surface area contributed by atoms with Crippen LogP contribution in [0, 0.1) is 13.8 Å². The summed E-state index contributed by atoms with van der Waals surface area (Å²) in [4.78, 5) is 42.6. The lowest BCUT2D eigenvalue weighted by atomic mass is 9.88. The molecule has 0 aliphatic rings. The molecular formula is C30H43N3O5S. The van der Waals surface area contributed by atoms with Gasteiger partial charge in [-0.2, -0.15) is 12.6 Å². The first kappa shape index (κ1) is 32.0. The average molecular weight is 558 g/mol. The monoisotopic (exact) mass is 557 g/mol. The molecule has 2 aromatic carbocycles. The number of thiol groups is 1. The number of methoxy groups -OCH3 is 1. The number of carbonyl (C=O) groups excluding carboxylic acids is 3. The molecule has 214 valence electrons. The van der Waals surface area contributed by atoms with Crippen LogP contribution in [-0.4, -0.2) is 52.9 Å². The van der Waals surface area contributed by atoms with Gasteiger partial charge in [-0.05, 0) is 95.8 Å². The first-order valence-corrected chi connectivity index (χ1v) is 13.7. The number of carbonyl (C=O) groups is 3. The Morgan fingerprint density at radius 1 is 0.974 bits per heavy atom. The summed E-state index contributed by atoms with van der Waals surface area (Å²) in [5, 5.41) is 5.65. The standard InChI is InChI=1S/C30H43N3O5S/c1-10-30(7,8)33(27(35)23(18-39)32-28(36)38-29(4,5)6)25(24-19(2)12-11-13-20(24)3)26(34)31-21-14-16-22(37-9)17-15-21/h11-17,23,25,39H,10,18H2,1-9H3,(H,31,34)(H,32,36). The molecule has 0 bridgehead atoms. The van der Waals surface area contributed by atoms with Gasteiger partial charge in [0.05, 0.1) is 7.11 Å². The van der Waals surface area contributed by atoms with E-state index in [0.29, 0.717) is 17.9 Å². The number of hydrogen-bond donors (Lipinski definition) is 3. The summed E-state index contributed by atoms with van der Waals surface area (Å²) >= 11 is 4.38. The maximum Gasteiger partial charge on any atom is 0.408 e. The number of alkyl carbamates (subject to hydrolysis) is 1. The van der Waals surface area contributed by atoms with Crippen LogP contribution in [0.5, 0.6) is 5.75 Å². The number of nitrogens with zero attached hydrogens (tertiary/aromatic N) is 1. The summed E-state index contributed by atoms with van der Waals surface area (Å²) in [6, 6.07) is 10.8. The van der Waals surface area contributed by atoms with Crippen molar-refractivity contribution in [1.82, 2.24) is 10.2 Å². The first-order chi connectivity index (χ1) is 18.1. The predicted molar refractivity (Wildman–Crippen MR) is 159 cm³/mol. The number of aryl methyl sites for hydroxylation is 2. The van der Waals surface area contributed by atoms with Gasteiger partial charge in [-0.1, -0.05) is 25.1 Å². The molecule has 0 aliphatic heterocycles. The van der Waals surface area contributed by atoms with E-state index in [4.69, 9.17) is 9.47 Å². The van der Waals surface area contributed by atoms with E-state index < -0.39 is 35.2 Å². The zero-order valence-electron chi connectivity index (χ0n) is 24.5. The highest BCUT2D eigenvalue weighted by Crippen LogP contribution is 2.36. The number of nitrogens with one attached hydrogen (secondary N) is 2. The highest BCUT2D eigenvalue weighted by atomic mass is 32.1. The predicted octanol–water partition coefficient (Wildman–Crippen LogP) is 5.83. The van der Waals surface area contributed by atoms with Crippen LogP contribution in [0.3, 0.4) is 0 Å². The van der Waals surface area contributed by atoms with E-state index in [2.05, 4.69) is 23.3 Å². The number of amides is 3. The molecule has 0 radical (unpaired) electrons. The Kier molecular flexibility index (Phi) is 10.9. The van der Waals surface area contributed by atoms with E-state index in [-0.39, 0.29) is 11.7 Å². The molecule has 0 fully saturated rings. The van der Waals surface area contributed by atoms with Crippen LogP contribution in [0.15, 0.2) is 42.5 Å². The molecular weight excluding hydrogens is 514 g/mol. The minimum atomic E-state index is -1.02. The SMILES string of the molecule is CCC(C)(C)N(C(=O)C(CS)NC(=O)OC(C)(C)C)C(C(=O)Nc1ccc(OC)cc1)c1c(C)cccc1C. The van der Waals surface area contributed by atoms with Crippen molar-refractivity contribution >= 4 is 36.2 Å². The zero-order valence-corrected chi connectivity index (χ0v) is 25.4. The first-order valence-electron chi connectivity index (χ1n) is 13.1. The van der Waals surface area contributed by atoms with Crippen molar-refractivity contribution in [3.05, 3.63) is 59.2 Å². The number of benzene rings is 2. The van der Waals surface area contributed by atoms with Gasteiger partial charge in [0.15, 0.2) is 0 Å². The van der Waals surface area contributed by atoms with Crippen LogP contribution in [0.4, 0.5) is 10.5 Å². The summed E-state index contributed by atoms with van der Waals surface area (Å²) in [6.45, 7) is 14.9. The maximum absolute atomic E-state index is 14.3. The van der Waals surface area contributed by atoms with Gasteiger partial charge < -0.3 is 25.0 Å². The van der Waals surface area contributed by atoms with E-state index in [1.54, 1.807) is 57.0 Å². The third-order valence-electron chi connectivity index (χ3n) is 6.61. The van der Waals surface area contributed by atoms with Gasteiger partial charge in [-0.25, -0.2) is 4.79 Å². The Balaban J connectivity index is 2.64. The summed E-state index contributed by atoms with van der Waals surface area (Å²) in [5.41, 5.74) is 1.54. The fraction of sp³-hybridized carbons (Fsp3) is 0.500. The van der Waals surface area contributed by atoms with E-state index in [1.807, 2.05) is 52.8 Å². The Bertz CT molecular complexity index is 1140. The molecule has 0 aromatic heterocycles. The minimum Gasteiger partial charge on any atom is -0.497 e. The number of rotatable bonds is 10. The van der Waals surface area contributed by atoms with Gasteiger partial charge in [0, 0.05) is 17.0 Å². The third-order valence-corrected chi connectivity index (χ3v) is 6.97. The molecule has 0 aliphatic carbocycles. The van der Waals surface area contributed by atoms with Crippen molar-refractivity contribution in [2.45, 2.75) is 85.0 Å². The lowest BCUT2D eigenvalue weighted by Gasteiger charge is -2.45. The normalized spacial score (nSPS) is 13.2. The van der Waals surface area contributed by atoms with Crippen molar-refractivity contribution in [1.29, 1.82) is 0 Å². The molecule has 2 atom stereocenters. The summed E-state index contributed by atoms with van der Waals surface area (Å²) in [6.07, 6.45) is -0.169. The van der Waals surface area contributed by atoms with Crippen molar-refractivity contribution in [3.8, 4) is 5.75 Å². The Labute approximate surface area is 238 Å². The second-order valence-corrected chi connectivity index (χ2v) is 11.5. The molecule has 2 rings (SSSR count). The summed E-state index contributed by atoms with van der Waals surface area (Å²) in [7, 11) is 1.57. The van der Waals surface area contributed by atoms with Crippen LogP contribution in [-0.2, 0) is 14.3 Å². The molecule has 9 heteroatoms. The topological polar surface area (TPSA) is 97.0 Å². The number of anilines is 1.